The minimum Gasteiger partial charge on any atom is -0.373 e. The Bertz CT molecular complexity index is 465. The minimum absolute atomic E-state index is 0.117. The number of rotatable bonds is 5. The van der Waals surface area contributed by atoms with E-state index in [0.717, 1.165) is 50.4 Å². The molecule has 0 aromatic carbocycles. The summed E-state index contributed by atoms with van der Waals surface area (Å²) in [5.41, 5.74) is 0.718. The fourth-order valence-electron chi connectivity index (χ4n) is 3.06. The molecule has 0 saturated carbocycles. The number of nitrogens with zero attached hydrogens (tertiary/aromatic N) is 3. The summed E-state index contributed by atoms with van der Waals surface area (Å²) >= 11 is 0. The van der Waals surface area contributed by atoms with E-state index in [0.29, 0.717) is 6.04 Å². The molecule has 1 N–H and O–H groups in total. The summed E-state index contributed by atoms with van der Waals surface area (Å²) in [5.74, 6) is 0.853. The average molecular weight is 290 g/mol. The highest BCUT2D eigenvalue weighted by Gasteiger charge is 2.26. The van der Waals surface area contributed by atoms with Crippen LogP contribution in [-0.4, -0.2) is 60.0 Å². The van der Waals surface area contributed by atoms with Crippen molar-refractivity contribution >= 4 is 11.7 Å². The van der Waals surface area contributed by atoms with Crippen molar-refractivity contribution in [2.24, 2.45) is 0 Å². The molecule has 2 heterocycles. The lowest BCUT2D eigenvalue weighted by molar-refractivity contribution is 0.0631. The second-order valence-electron chi connectivity index (χ2n) is 5.42. The summed E-state index contributed by atoms with van der Waals surface area (Å²) in [6, 6.07) is 4.23. The van der Waals surface area contributed by atoms with Crippen molar-refractivity contribution in [1.29, 1.82) is 0 Å². The van der Waals surface area contributed by atoms with Gasteiger partial charge in [0.1, 0.15) is 5.82 Å². The van der Waals surface area contributed by atoms with Crippen LogP contribution in [0.5, 0.6) is 0 Å². The third kappa shape index (κ3) is 3.73. The fourth-order valence-corrected chi connectivity index (χ4v) is 3.06. The number of piperidine rings is 1. The van der Waals surface area contributed by atoms with Gasteiger partial charge in [0.25, 0.3) is 5.91 Å². The third-order valence-electron chi connectivity index (χ3n) is 4.34. The summed E-state index contributed by atoms with van der Waals surface area (Å²) in [7, 11) is 1.81. The Balaban J connectivity index is 1.96. The van der Waals surface area contributed by atoms with Gasteiger partial charge in [-0.05, 0) is 38.1 Å². The molecule has 1 aromatic heterocycles. The molecule has 5 nitrogen and oxygen atoms in total. The van der Waals surface area contributed by atoms with Crippen LogP contribution in [0.15, 0.2) is 18.3 Å². The first-order valence-corrected chi connectivity index (χ1v) is 7.86. The molecule has 1 aliphatic rings. The Hall–Kier alpha value is -1.62. The smallest absolute Gasteiger partial charge is 0.254 e. The van der Waals surface area contributed by atoms with E-state index in [2.05, 4.69) is 29.0 Å². The Kier molecular flexibility index (Phi) is 5.56. The monoisotopic (exact) mass is 290 g/mol. The Morgan fingerprint density at radius 3 is 2.62 bits per heavy atom. The first-order valence-electron chi connectivity index (χ1n) is 7.86. The highest BCUT2D eigenvalue weighted by Crippen LogP contribution is 2.19. The molecule has 116 valence electrons. The summed E-state index contributed by atoms with van der Waals surface area (Å²) in [6.07, 6.45) is 3.82. The van der Waals surface area contributed by atoms with Gasteiger partial charge in [-0.1, -0.05) is 13.8 Å². The maximum absolute atomic E-state index is 12.5. The number of amides is 1. The number of carbonyl (C=O) groups is 1. The molecule has 0 aliphatic carbocycles. The third-order valence-corrected chi connectivity index (χ3v) is 4.34. The number of likely N-dealkylation sites (tertiary alicyclic amines) is 1. The molecule has 1 aromatic rings. The molecule has 0 unspecified atom stereocenters. The van der Waals surface area contributed by atoms with Gasteiger partial charge in [-0.2, -0.15) is 0 Å². The molecule has 0 bridgehead atoms. The number of hydrogen-bond acceptors (Lipinski definition) is 4. The van der Waals surface area contributed by atoms with E-state index < -0.39 is 0 Å². The first kappa shape index (κ1) is 15.8. The van der Waals surface area contributed by atoms with Crippen LogP contribution in [-0.2, 0) is 0 Å². The van der Waals surface area contributed by atoms with Gasteiger partial charge in [0.05, 0.1) is 0 Å². The second kappa shape index (κ2) is 7.41. The van der Waals surface area contributed by atoms with Crippen LogP contribution in [0.3, 0.4) is 0 Å². The Morgan fingerprint density at radius 1 is 1.38 bits per heavy atom. The molecule has 0 atom stereocenters. The first-order chi connectivity index (χ1) is 10.2. The molecule has 2 rings (SSSR count). The highest BCUT2D eigenvalue weighted by atomic mass is 16.2. The molecule has 0 radical (unpaired) electrons. The number of nitrogens with one attached hydrogen (secondary N) is 1. The zero-order chi connectivity index (χ0) is 15.2. The van der Waals surface area contributed by atoms with Crippen LogP contribution in [0.2, 0.25) is 0 Å². The summed E-state index contributed by atoms with van der Waals surface area (Å²) in [4.78, 5) is 21.2. The SMILES string of the molecule is CCN(CC)C1CCN(C(=O)c2ccnc(NC)c2)CC1. The molecule has 1 aliphatic heterocycles. The van der Waals surface area contributed by atoms with Crippen molar-refractivity contribution in [3.63, 3.8) is 0 Å². The normalized spacial score (nSPS) is 16.3. The topological polar surface area (TPSA) is 48.5 Å². The molecule has 21 heavy (non-hydrogen) atoms. The van der Waals surface area contributed by atoms with E-state index in [4.69, 9.17) is 0 Å². The maximum Gasteiger partial charge on any atom is 0.254 e. The Labute approximate surface area is 127 Å². The predicted molar refractivity (Wildman–Crippen MR) is 85.6 cm³/mol. The van der Waals surface area contributed by atoms with Crippen molar-refractivity contribution in [3.05, 3.63) is 23.9 Å². The molecule has 0 spiro atoms. The van der Waals surface area contributed by atoms with Crippen LogP contribution in [0.25, 0.3) is 0 Å². The minimum atomic E-state index is 0.117. The van der Waals surface area contributed by atoms with Gasteiger partial charge in [0.15, 0.2) is 0 Å². The summed E-state index contributed by atoms with van der Waals surface area (Å²) in [5, 5.41) is 2.97. The zero-order valence-corrected chi connectivity index (χ0v) is 13.3. The van der Waals surface area contributed by atoms with E-state index in [1.165, 1.54) is 0 Å². The van der Waals surface area contributed by atoms with Crippen molar-refractivity contribution < 1.29 is 4.79 Å². The number of anilines is 1. The van der Waals surface area contributed by atoms with E-state index in [1.54, 1.807) is 12.3 Å². The van der Waals surface area contributed by atoms with Gasteiger partial charge in [-0.3, -0.25) is 4.79 Å². The van der Waals surface area contributed by atoms with Gasteiger partial charge < -0.3 is 15.1 Å². The summed E-state index contributed by atoms with van der Waals surface area (Å²) in [6.45, 7) is 8.28. The van der Waals surface area contributed by atoms with Crippen molar-refractivity contribution in [2.45, 2.75) is 32.7 Å². The highest BCUT2D eigenvalue weighted by molar-refractivity contribution is 5.94. The standard InChI is InChI=1S/C16H26N4O/c1-4-19(5-2)14-7-10-20(11-8-14)16(21)13-6-9-18-15(12-13)17-3/h6,9,12,14H,4-5,7-8,10-11H2,1-3H3,(H,17,18). The van der Waals surface area contributed by atoms with Crippen LogP contribution in [0, 0.1) is 0 Å². The lowest BCUT2D eigenvalue weighted by atomic mass is 10.0. The van der Waals surface area contributed by atoms with Crippen LogP contribution in [0.1, 0.15) is 37.0 Å². The van der Waals surface area contributed by atoms with Crippen LogP contribution < -0.4 is 5.32 Å². The second-order valence-corrected chi connectivity index (χ2v) is 5.42. The van der Waals surface area contributed by atoms with Crippen molar-refractivity contribution in [1.82, 2.24) is 14.8 Å². The van der Waals surface area contributed by atoms with E-state index in [-0.39, 0.29) is 5.91 Å². The molecular weight excluding hydrogens is 264 g/mol. The lowest BCUT2D eigenvalue weighted by Gasteiger charge is -2.37. The number of hydrogen-bond donors (Lipinski definition) is 1. The quantitative estimate of drug-likeness (QED) is 0.902. The van der Waals surface area contributed by atoms with Gasteiger partial charge in [0, 0.05) is 37.9 Å². The number of pyridine rings is 1. The summed E-state index contributed by atoms with van der Waals surface area (Å²) < 4.78 is 0. The predicted octanol–water partition coefficient (Wildman–Crippen LogP) is 2.07. The van der Waals surface area contributed by atoms with Gasteiger partial charge in [-0.15, -0.1) is 0 Å². The van der Waals surface area contributed by atoms with Gasteiger partial charge in [-0.25, -0.2) is 4.98 Å². The number of aromatic nitrogens is 1. The van der Waals surface area contributed by atoms with E-state index >= 15 is 0 Å². The van der Waals surface area contributed by atoms with Gasteiger partial charge in [0.2, 0.25) is 0 Å². The lowest BCUT2D eigenvalue weighted by Crippen LogP contribution is -2.46. The molecule has 5 heteroatoms. The van der Waals surface area contributed by atoms with Crippen molar-refractivity contribution in [3.8, 4) is 0 Å². The molecule has 1 saturated heterocycles. The molecule has 1 amide bonds. The largest absolute Gasteiger partial charge is 0.373 e. The van der Waals surface area contributed by atoms with E-state index in [9.17, 15) is 4.79 Å². The van der Waals surface area contributed by atoms with Crippen LogP contribution >= 0.6 is 0 Å². The van der Waals surface area contributed by atoms with Gasteiger partial charge >= 0.3 is 0 Å². The van der Waals surface area contributed by atoms with Crippen molar-refractivity contribution in [2.75, 3.05) is 38.5 Å². The fraction of sp³-hybridized carbons (Fsp3) is 0.625. The number of carbonyl (C=O) groups excluding carboxylic acids is 1. The van der Waals surface area contributed by atoms with Crippen LogP contribution in [0.4, 0.5) is 5.82 Å². The maximum atomic E-state index is 12.5. The average Bonchev–Trinajstić information content (AvgIpc) is 2.56. The Morgan fingerprint density at radius 2 is 2.05 bits per heavy atom. The molecular formula is C16H26N4O. The zero-order valence-electron chi connectivity index (χ0n) is 13.3. The molecule has 1 fully saturated rings. The van der Waals surface area contributed by atoms with E-state index in [1.807, 2.05) is 18.0 Å².